The zero-order valence-corrected chi connectivity index (χ0v) is 12.8. The topological polar surface area (TPSA) is 58.4 Å². The van der Waals surface area contributed by atoms with Gasteiger partial charge in [-0.3, -0.25) is 4.79 Å². The molecule has 20 heavy (non-hydrogen) atoms. The molecular formula is C16H25N3O. The summed E-state index contributed by atoms with van der Waals surface area (Å²) in [5, 5.41) is 2.86. The van der Waals surface area contributed by atoms with E-state index < -0.39 is 6.04 Å². The Morgan fingerprint density at radius 1 is 1.20 bits per heavy atom. The Balaban J connectivity index is 2.26. The molecule has 1 atom stereocenters. The van der Waals surface area contributed by atoms with Crippen LogP contribution in [0.3, 0.4) is 0 Å². The van der Waals surface area contributed by atoms with Gasteiger partial charge in [-0.05, 0) is 24.0 Å². The standard InChI is InChI=1S/C16H25N3O/c1-10(2)8-19(9-11(3)4)12-5-6-13-14(7-12)18-16(20)15(13)17/h5-7,10-11,15H,8-9,17H2,1-4H3,(H,18,20). The smallest absolute Gasteiger partial charge is 0.245 e. The molecule has 1 unspecified atom stereocenters. The summed E-state index contributed by atoms with van der Waals surface area (Å²) in [6, 6.07) is 5.57. The lowest BCUT2D eigenvalue weighted by atomic mass is 10.1. The third-order valence-electron chi connectivity index (χ3n) is 3.45. The van der Waals surface area contributed by atoms with Crippen molar-refractivity contribution in [3.63, 3.8) is 0 Å². The van der Waals surface area contributed by atoms with E-state index in [1.165, 1.54) is 0 Å². The second-order valence-corrected chi connectivity index (χ2v) is 6.43. The van der Waals surface area contributed by atoms with E-state index in [-0.39, 0.29) is 5.91 Å². The molecule has 0 saturated heterocycles. The fourth-order valence-electron chi connectivity index (χ4n) is 2.64. The molecule has 1 aliphatic rings. The number of carbonyl (C=O) groups excluding carboxylic acids is 1. The van der Waals surface area contributed by atoms with Crippen LogP contribution in [0.15, 0.2) is 18.2 Å². The predicted octanol–water partition coefficient (Wildman–Crippen LogP) is 2.76. The molecule has 1 aromatic carbocycles. The van der Waals surface area contributed by atoms with Crippen molar-refractivity contribution < 1.29 is 4.79 Å². The molecule has 1 amide bonds. The molecule has 0 saturated carbocycles. The largest absolute Gasteiger partial charge is 0.371 e. The maximum Gasteiger partial charge on any atom is 0.245 e. The number of nitrogens with two attached hydrogens (primary N) is 1. The van der Waals surface area contributed by atoms with Gasteiger partial charge in [0.1, 0.15) is 6.04 Å². The number of hydrogen-bond acceptors (Lipinski definition) is 3. The van der Waals surface area contributed by atoms with Crippen LogP contribution in [0, 0.1) is 11.8 Å². The van der Waals surface area contributed by atoms with Crippen LogP contribution in [-0.4, -0.2) is 19.0 Å². The molecular weight excluding hydrogens is 250 g/mol. The zero-order valence-electron chi connectivity index (χ0n) is 12.8. The molecule has 1 aliphatic heterocycles. The highest BCUT2D eigenvalue weighted by atomic mass is 16.2. The summed E-state index contributed by atoms with van der Waals surface area (Å²) in [6.45, 7) is 10.9. The van der Waals surface area contributed by atoms with E-state index in [1.54, 1.807) is 0 Å². The normalized spacial score (nSPS) is 17.6. The molecule has 0 aromatic heterocycles. The van der Waals surface area contributed by atoms with Gasteiger partial charge in [-0.25, -0.2) is 0 Å². The van der Waals surface area contributed by atoms with E-state index >= 15 is 0 Å². The van der Waals surface area contributed by atoms with Crippen molar-refractivity contribution in [3.05, 3.63) is 23.8 Å². The number of rotatable bonds is 5. The maximum absolute atomic E-state index is 11.6. The Bertz CT molecular complexity index is 486. The summed E-state index contributed by atoms with van der Waals surface area (Å²) < 4.78 is 0. The number of hydrogen-bond donors (Lipinski definition) is 2. The number of anilines is 2. The minimum Gasteiger partial charge on any atom is -0.371 e. The molecule has 3 N–H and O–H groups in total. The van der Waals surface area contributed by atoms with E-state index in [0.717, 1.165) is 30.0 Å². The lowest BCUT2D eigenvalue weighted by molar-refractivity contribution is -0.116. The number of benzene rings is 1. The lowest BCUT2D eigenvalue weighted by Gasteiger charge is -2.29. The van der Waals surface area contributed by atoms with Crippen molar-refractivity contribution in [3.8, 4) is 0 Å². The highest BCUT2D eigenvalue weighted by Crippen LogP contribution is 2.33. The first kappa shape index (κ1) is 14.9. The quantitative estimate of drug-likeness (QED) is 0.868. The Hall–Kier alpha value is -1.55. The van der Waals surface area contributed by atoms with E-state index in [0.29, 0.717) is 11.8 Å². The minimum absolute atomic E-state index is 0.114. The summed E-state index contributed by atoms with van der Waals surface area (Å²) >= 11 is 0. The van der Waals surface area contributed by atoms with Crippen LogP contribution in [-0.2, 0) is 4.79 Å². The molecule has 110 valence electrons. The summed E-state index contributed by atoms with van der Waals surface area (Å²) in [5.74, 6) is 1.08. The minimum atomic E-state index is -0.525. The van der Waals surface area contributed by atoms with Crippen LogP contribution in [0.1, 0.15) is 39.3 Å². The molecule has 4 heteroatoms. The second-order valence-electron chi connectivity index (χ2n) is 6.43. The van der Waals surface area contributed by atoms with Crippen LogP contribution in [0.5, 0.6) is 0 Å². The van der Waals surface area contributed by atoms with E-state index in [4.69, 9.17) is 5.73 Å². The fourth-order valence-corrected chi connectivity index (χ4v) is 2.64. The highest BCUT2D eigenvalue weighted by molar-refractivity contribution is 6.02. The fraction of sp³-hybridized carbons (Fsp3) is 0.562. The molecule has 0 radical (unpaired) electrons. The van der Waals surface area contributed by atoms with Crippen LogP contribution in [0.25, 0.3) is 0 Å². The first-order chi connectivity index (χ1) is 9.38. The summed E-state index contributed by atoms with van der Waals surface area (Å²) in [4.78, 5) is 14.0. The van der Waals surface area contributed by atoms with Gasteiger partial charge in [-0.2, -0.15) is 0 Å². The van der Waals surface area contributed by atoms with Gasteiger partial charge in [-0.1, -0.05) is 33.8 Å². The van der Waals surface area contributed by atoms with Crippen LogP contribution in [0.4, 0.5) is 11.4 Å². The monoisotopic (exact) mass is 275 g/mol. The summed E-state index contributed by atoms with van der Waals surface area (Å²) in [5.41, 5.74) is 8.76. The van der Waals surface area contributed by atoms with Crippen molar-refractivity contribution in [1.82, 2.24) is 0 Å². The van der Waals surface area contributed by atoms with Crippen molar-refractivity contribution in [2.75, 3.05) is 23.3 Å². The van der Waals surface area contributed by atoms with Crippen molar-refractivity contribution in [2.24, 2.45) is 17.6 Å². The van der Waals surface area contributed by atoms with Gasteiger partial charge >= 0.3 is 0 Å². The Morgan fingerprint density at radius 2 is 1.80 bits per heavy atom. The van der Waals surface area contributed by atoms with Gasteiger partial charge in [0.05, 0.1) is 0 Å². The number of nitrogens with zero attached hydrogens (tertiary/aromatic N) is 1. The molecule has 0 spiro atoms. The molecule has 4 nitrogen and oxygen atoms in total. The first-order valence-corrected chi connectivity index (χ1v) is 7.33. The average molecular weight is 275 g/mol. The number of nitrogens with one attached hydrogen (secondary N) is 1. The summed E-state index contributed by atoms with van der Waals surface area (Å²) in [6.07, 6.45) is 0. The third-order valence-corrected chi connectivity index (χ3v) is 3.45. The first-order valence-electron chi connectivity index (χ1n) is 7.33. The van der Waals surface area contributed by atoms with Gasteiger partial charge in [0.25, 0.3) is 0 Å². The summed E-state index contributed by atoms with van der Waals surface area (Å²) in [7, 11) is 0. The van der Waals surface area contributed by atoms with Crippen molar-refractivity contribution in [1.29, 1.82) is 0 Å². The number of fused-ring (bicyclic) bond motifs is 1. The zero-order chi connectivity index (χ0) is 14.9. The molecule has 1 heterocycles. The van der Waals surface area contributed by atoms with Gasteiger partial charge in [0, 0.05) is 30.0 Å². The average Bonchev–Trinajstić information content (AvgIpc) is 2.62. The number of amides is 1. The van der Waals surface area contributed by atoms with E-state index in [1.807, 2.05) is 12.1 Å². The SMILES string of the molecule is CC(C)CN(CC(C)C)c1ccc2c(c1)NC(=O)C2N. The van der Waals surface area contributed by atoms with Gasteiger partial charge in [-0.15, -0.1) is 0 Å². The van der Waals surface area contributed by atoms with Crippen molar-refractivity contribution >= 4 is 17.3 Å². The Labute approximate surface area is 121 Å². The molecule has 0 fully saturated rings. The highest BCUT2D eigenvalue weighted by Gasteiger charge is 2.27. The predicted molar refractivity (Wildman–Crippen MR) is 83.9 cm³/mol. The lowest BCUT2D eigenvalue weighted by Crippen LogP contribution is -2.31. The third kappa shape index (κ3) is 3.12. The second kappa shape index (κ2) is 5.83. The van der Waals surface area contributed by atoms with E-state index in [2.05, 4.69) is 44.0 Å². The molecule has 0 bridgehead atoms. The molecule has 0 aliphatic carbocycles. The van der Waals surface area contributed by atoms with E-state index in [9.17, 15) is 4.79 Å². The molecule has 1 aromatic rings. The van der Waals surface area contributed by atoms with Crippen molar-refractivity contribution in [2.45, 2.75) is 33.7 Å². The van der Waals surface area contributed by atoms with Crippen LogP contribution >= 0.6 is 0 Å². The molecule has 2 rings (SSSR count). The van der Waals surface area contributed by atoms with Gasteiger partial charge in [0.15, 0.2) is 0 Å². The number of carbonyl (C=O) groups is 1. The van der Waals surface area contributed by atoms with Crippen LogP contribution < -0.4 is 16.0 Å². The van der Waals surface area contributed by atoms with Gasteiger partial charge < -0.3 is 16.0 Å². The Morgan fingerprint density at radius 3 is 2.35 bits per heavy atom. The maximum atomic E-state index is 11.6. The van der Waals surface area contributed by atoms with Gasteiger partial charge in [0.2, 0.25) is 5.91 Å². The van der Waals surface area contributed by atoms with Crippen LogP contribution in [0.2, 0.25) is 0 Å². The Kier molecular flexibility index (Phi) is 4.33.